The first-order chi connectivity index (χ1) is 6.65. The van der Waals surface area contributed by atoms with E-state index >= 15 is 0 Å². The average molecular weight is 210 g/mol. The minimum absolute atomic E-state index is 0.412. The van der Waals surface area contributed by atoms with Gasteiger partial charge in [0.2, 0.25) is 4.77 Å². The molecule has 2 rings (SSSR count). The molecule has 0 aliphatic rings. The second-order valence-corrected chi connectivity index (χ2v) is 3.34. The van der Waals surface area contributed by atoms with Gasteiger partial charge in [-0.2, -0.15) is 4.98 Å². The third-order valence-corrected chi connectivity index (χ3v) is 2.45. The van der Waals surface area contributed by atoms with Gasteiger partial charge in [0.25, 0.3) is 5.71 Å². The Labute approximate surface area is 85.5 Å². The first-order valence-electron chi connectivity index (χ1n) is 4.27. The molecule has 0 saturated carbocycles. The summed E-state index contributed by atoms with van der Waals surface area (Å²) >= 11 is 5.06. The lowest BCUT2D eigenvalue weighted by Gasteiger charge is -2.06. The standard InChI is InChI=1S/C8H10N4OS/c1-3-12-6(9)5-4(2)11-13-7(5)10-8(12)14/h3,9H2,1-2H3. The summed E-state index contributed by atoms with van der Waals surface area (Å²) < 4.78 is 7.17. The highest BCUT2D eigenvalue weighted by atomic mass is 32.1. The van der Waals surface area contributed by atoms with Crippen LogP contribution in [0.3, 0.4) is 0 Å². The zero-order chi connectivity index (χ0) is 10.3. The van der Waals surface area contributed by atoms with E-state index in [2.05, 4.69) is 10.1 Å². The maximum atomic E-state index is 5.93. The molecule has 0 spiro atoms. The predicted octanol–water partition coefficient (Wildman–Crippen LogP) is 1.66. The molecule has 74 valence electrons. The molecule has 14 heavy (non-hydrogen) atoms. The maximum absolute atomic E-state index is 5.93. The fraction of sp³-hybridized carbons (Fsp3) is 0.375. The molecule has 2 N–H and O–H groups in total. The van der Waals surface area contributed by atoms with Crippen LogP contribution in [-0.4, -0.2) is 14.7 Å². The van der Waals surface area contributed by atoms with Gasteiger partial charge in [-0.1, -0.05) is 5.16 Å². The summed E-state index contributed by atoms with van der Waals surface area (Å²) in [5.74, 6) is 0.571. The zero-order valence-corrected chi connectivity index (χ0v) is 8.76. The Bertz CT molecular complexity index is 542. The quantitative estimate of drug-likeness (QED) is 0.725. The SMILES string of the molecule is CCn1c(N)c2c(C)noc2nc1=S. The van der Waals surface area contributed by atoms with Gasteiger partial charge in [0.1, 0.15) is 11.2 Å². The summed E-state index contributed by atoms with van der Waals surface area (Å²) in [5, 5.41) is 4.55. The van der Waals surface area contributed by atoms with E-state index in [1.54, 1.807) is 4.57 Å². The van der Waals surface area contributed by atoms with Crippen LogP contribution in [-0.2, 0) is 6.54 Å². The number of aryl methyl sites for hydroxylation is 1. The summed E-state index contributed by atoms with van der Waals surface area (Å²) in [4.78, 5) is 4.10. The molecular formula is C8H10N4OS. The molecule has 0 aromatic carbocycles. The molecule has 2 aromatic heterocycles. The number of anilines is 1. The lowest BCUT2D eigenvalue weighted by molar-refractivity contribution is 0.441. The number of nitrogen functional groups attached to an aromatic ring is 1. The van der Waals surface area contributed by atoms with Crippen molar-refractivity contribution < 1.29 is 4.52 Å². The van der Waals surface area contributed by atoms with Crippen LogP contribution in [0.25, 0.3) is 11.1 Å². The smallest absolute Gasteiger partial charge is 0.264 e. The van der Waals surface area contributed by atoms with Gasteiger partial charge in [-0.25, -0.2) is 0 Å². The molecule has 0 saturated heterocycles. The number of hydrogen-bond acceptors (Lipinski definition) is 5. The molecule has 0 fully saturated rings. The third-order valence-electron chi connectivity index (χ3n) is 2.14. The zero-order valence-electron chi connectivity index (χ0n) is 7.94. The molecule has 6 heteroatoms. The van der Waals surface area contributed by atoms with Gasteiger partial charge in [-0.05, 0) is 26.1 Å². The van der Waals surface area contributed by atoms with E-state index in [4.69, 9.17) is 22.5 Å². The minimum Gasteiger partial charge on any atom is -0.384 e. The number of hydrogen-bond donors (Lipinski definition) is 1. The molecule has 0 atom stereocenters. The molecule has 0 bridgehead atoms. The second-order valence-electron chi connectivity index (χ2n) is 2.97. The summed E-state index contributed by atoms with van der Waals surface area (Å²) in [6.45, 7) is 4.48. The van der Waals surface area contributed by atoms with Crippen molar-refractivity contribution in [2.24, 2.45) is 0 Å². The van der Waals surface area contributed by atoms with Crippen molar-refractivity contribution >= 4 is 29.1 Å². The fourth-order valence-corrected chi connectivity index (χ4v) is 1.73. The van der Waals surface area contributed by atoms with Crippen LogP contribution in [0.1, 0.15) is 12.6 Å². The highest BCUT2D eigenvalue weighted by molar-refractivity contribution is 7.71. The number of rotatable bonds is 1. The fourth-order valence-electron chi connectivity index (χ4n) is 1.42. The minimum atomic E-state index is 0.412. The molecular weight excluding hydrogens is 200 g/mol. The molecule has 0 amide bonds. The van der Waals surface area contributed by atoms with E-state index < -0.39 is 0 Å². The van der Waals surface area contributed by atoms with Crippen LogP contribution in [0.15, 0.2) is 4.52 Å². The Balaban J connectivity index is 2.97. The number of nitrogens with two attached hydrogens (primary N) is 1. The van der Waals surface area contributed by atoms with Crippen molar-refractivity contribution in [3.63, 3.8) is 0 Å². The van der Waals surface area contributed by atoms with Gasteiger partial charge in [0.15, 0.2) is 0 Å². The van der Waals surface area contributed by atoms with Gasteiger partial charge in [-0.3, -0.25) is 0 Å². The van der Waals surface area contributed by atoms with Crippen molar-refractivity contribution in [2.75, 3.05) is 5.73 Å². The van der Waals surface area contributed by atoms with Crippen molar-refractivity contribution in [3.8, 4) is 0 Å². The van der Waals surface area contributed by atoms with E-state index in [0.29, 0.717) is 22.8 Å². The lowest BCUT2D eigenvalue weighted by Crippen LogP contribution is -2.07. The van der Waals surface area contributed by atoms with Gasteiger partial charge in [0.05, 0.1) is 5.69 Å². The Morgan fingerprint density at radius 3 is 2.93 bits per heavy atom. The maximum Gasteiger partial charge on any atom is 0.264 e. The summed E-state index contributed by atoms with van der Waals surface area (Å²) in [6, 6.07) is 0. The molecule has 0 radical (unpaired) electrons. The molecule has 2 heterocycles. The van der Waals surface area contributed by atoms with E-state index in [-0.39, 0.29) is 0 Å². The topological polar surface area (TPSA) is 69.9 Å². The van der Waals surface area contributed by atoms with Gasteiger partial charge in [-0.15, -0.1) is 0 Å². The van der Waals surface area contributed by atoms with Crippen molar-refractivity contribution in [3.05, 3.63) is 10.5 Å². The monoisotopic (exact) mass is 210 g/mol. The van der Waals surface area contributed by atoms with Crippen molar-refractivity contribution in [1.82, 2.24) is 14.7 Å². The third kappa shape index (κ3) is 1.11. The van der Waals surface area contributed by atoms with Crippen LogP contribution < -0.4 is 5.73 Å². The Morgan fingerprint density at radius 2 is 2.29 bits per heavy atom. The largest absolute Gasteiger partial charge is 0.384 e. The summed E-state index contributed by atoms with van der Waals surface area (Å²) in [7, 11) is 0. The van der Waals surface area contributed by atoms with E-state index in [0.717, 1.165) is 11.1 Å². The van der Waals surface area contributed by atoms with Gasteiger partial charge >= 0.3 is 0 Å². The van der Waals surface area contributed by atoms with Crippen molar-refractivity contribution in [2.45, 2.75) is 20.4 Å². The normalized spacial score (nSPS) is 11.0. The molecule has 0 aliphatic carbocycles. The summed E-state index contributed by atoms with van der Waals surface area (Å²) in [5.41, 5.74) is 7.08. The van der Waals surface area contributed by atoms with Crippen LogP contribution >= 0.6 is 12.2 Å². The van der Waals surface area contributed by atoms with Crippen LogP contribution in [0, 0.1) is 11.7 Å². The van der Waals surface area contributed by atoms with E-state index in [1.807, 2.05) is 13.8 Å². The molecule has 2 aromatic rings. The second kappa shape index (κ2) is 3.06. The van der Waals surface area contributed by atoms with Crippen LogP contribution in [0.2, 0.25) is 0 Å². The van der Waals surface area contributed by atoms with Crippen LogP contribution in [0.5, 0.6) is 0 Å². The number of fused-ring (bicyclic) bond motifs is 1. The van der Waals surface area contributed by atoms with Gasteiger partial charge in [0, 0.05) is 6.54 Å². The first-order valence-corrected chi connectivity index (χ1v) is 4.68. The van der Waals surface area contributed by atoms with E-state index in [9.17, 15) is 0 Å². The Kier molecular flexibility index (Phi) is 1.99. The van der Waals surface area contributed by atoms with Crippen LogP contribution in [0.4, 0.5) is 5.82 Å². The highest BCUT2D eigenvalue weighted by Gasteiger charge is 2.12. The molecule has 0 aliphatic heterocycles. The van der Waals surface area contributed by atoms with Crippen molar-refractivity contribution in [1.29, 1.82) is 0 Å². The Morgan fingerprint density at radius 1 is 1.57 bits per heavy atom. The highest BCUT2D eigenvalue weighted by Crippen LogP contribution is 2.22. The first kappa shape index (κ1) is 9.14. The lowest BCUT2D eigenvalue weighted by atomic mass is 10.3. The van der Waals surface area contributed by atoms with Gasteiger partial charge < -0.3 is 14.8 Å². The molecule has 5 nitrogen and oxygen atoms in total. The summed E-state index contributed by atoms with van der Waals surface area (Å²) in [6.07, 6.45) is 0. The van der Waals surface area contributed by atoms with E-state index in [1.165, 1.54) is 0 Å². The predicted molar refractivity (Wildman–Crippen MR) is 55.5 cm³/mol. The number of aromatic nitrogens is 3. The Hall–Kier alpha value is -1.43. The average Bonchev–Trinajstić information content (AvgIpc) is 2.48. The number of nitrogens with zero attached hydrogens (tertiary/aromatic N) is 3. The molecule has 0 unspecified atom stereocenters.